The molecule has 2 N–H and O–H groups in total. The van der Waals surface area contributed by atoms with E-state index in [4.69, 9.17) is 10.5 Å². The van der Waals surface area contributed by atoms with Crippen molar-refractivity contribution in [2.45, 2.75) is 13.8 Å². The van der Waals surface area contributed by atoms with Gasteiger partial charge in [-0.15, -0.1) is 0 Å². The van der Waals surface area contributed by atoms with E-state index in [9.17, 15) is 0 Å². The Morgan fingerprint density at radius 3 is 2.32 bits per heavy atom. The number of aromatic nitrogens is 1. The minimum absolute atomic E-state index is 0.734. The van der Waals surface area contributed by atoms with Crippen LogP contribution >= 0.6 is 0 Å². The molecule has 3 rings (SSSR count). The summed E-state index contributed by atoms with van der Waals surface area (Å²) >= 11 is 0. The molecule has 2 aromatic heterocycles. The lowest BCUT2D eigenvalue weighted by molar-refractivity contribution is 0.480. The van der Waals surface area contributed by atoms with Crippen molar-refractivity contribution in [2.24, 2.45) is 0 Å². The van der Waals surface area contributed by atoms with Gasteiger partial charge in [0.15, 0.2) is 0 Å². The second-order valence-electron chi connectivity index (χ2n) is 3.88. The Balaban J connectivity index is 0.000000637. The second kappa shape index (κ2) is 5.96. The van der Waals surface area contributed by atoms with Gasteiger partial charge in [-0.3, -0.25) is 0 Å². The van der Waals surface area contributed by atoms with E-state index in [1.807, 2.05) is 79.2 Å². The van der Waals surface area contributed by atoms with E-state index in [0.29, 0.717) is 0 Å². The van der Waals surface area contributed by atoms with E-state index in [1.165, 1.54) is 0 Å². The summed E-state index contributed by atoms with van der Waals surface area (Å²) in [5, 5.41) is 0. The summed E-state index contributed by atoms with van der Waals surface area (Å²) in [6.07, 6.45) is 3.94. The topological polar surface area (TPSA) is 39.7 Å². The van der Waals surface area contributed by atoms with E-state index < -0.39 is 0 Å². The third-order valence-electron chi connectivity index (χ3n) is 2.61. The highest BCUT2D eigenvalue weighted by Crippen LogP contribution is 2.22. The van der Waals surface area contributed by atoms with Crippen LogP contribution in [0.15, 0.2) is 60.9 Å². The van der Waals surface area contributed by atoms with Gasteiger partial charge in [-0.25, -0.2) is 0 Å². The molecule has 3 heteroatoms. The van der Waals surface area contributed by atoms with Crippen LogP contribution in [0, 0.1) is 0 Å². The molecule has 0 unspecified atom stereocenters. The summed E-state index contributed by atoms with van der Waals surface area (Å²) in [5.74, 6) is 1.59. The Hall–Kier alpha value is -2.42. The van der Waals surface area contributed by atoms with Crippen LogP contribution in [0.1, 0.15) is 13.8 Å². The van der Waals surface area contributed by atoms with Gasteiger partial charge in [0.2, 0.25) is 0 Å². The maximum Gasteiger partial charge on any atom is 0.144 e. The van der Waals surface area contributed by atoms with Gasteiger partial charge in [-0.2, -0.15) is 0 Å². The lowest BCUT2D eigenvalue weighted by Gasteiger charge is -2.06. The zero-order chi connectivity index (χ0) is 13.7. The Labute approximate surface area is 113 Å². The molecule has 3 aromatic rings. The highest BCUT2D eigenvalue weighted by Gasteiger charge is 1.98. The molecule has 3 nitrogen and oxygen atoms in total. The molecule has 0 aliphatic rings. The molecule has 0 spiro atoms. The number of hydrogen-bond acceptors (Lipinski definition) is 2. The first-order valence-electron chi connectivity index (χ1n) is 6.41. The maximum absolute atomic E-state index is 5.73. The van der Waals surface area contributed by atoms with Crippen LogP contribution in [0.4, 0.5) is 5.69 Å². The zero-order valence-corrected chi connectivity index (χ0v) is 11.2. The molecule has 0 radical (unpaired) electrons. The first-order valence-corrected chi connectivity index (χ1v) is 6.41. The first kappa shape index (κ1) is 13.0. The fraction of sp³-hybridized carbons (Fsp3) is 0.125. The minimum atomic E-state index is 0.734. The normalized spacial score (nSPS) is 9.79. The molecule has 0 atom stereocenters. The average Bonchev–Trinajstić information content (AvgIpc) is 2.91. The molecule has 0 bridgehead atoms. The van der Waals surface area contributed by atoms with Gasteiger partial charge in [-0.05, 0) is 48.5 Å². The maximum atomic E-state index is 5.73. The molecule has 0 saturated carbocycles. The predicted octanol–water partition coefficient (Wildman–Crippen LogP) is 4.34. The number of nitrogens with two attached hydrogens (primary N) is 1. The zero-order valence-electron chi connectivity index (χ0n) is 11.2. The number of nitrogens with zero attached hydrogens (tertiary/aromatic N) is 1. The number of fused-ring (bicyclic) bond motifs is 1. The quantitative estimate of drug-likeness (QED) is 0.691. The second-order valence-corrected chi connectivity index (χ2v) is 3.88. The molecule has 98 valence electrons. The number of rotatable bonds is 2. The van der Waals surface area contributed by atoms with Crippen LogP contribution in [-0.2, 0) is 0 Å². The smallest absolute Gasteiger partial charge is 0.144 e. The summed E-state index contributed by atoms with van der Waals surface area (Å²) < 4.78 is 7.75. The number of nitrogen functional groups attached to an aromatic ring is 1. The number of hydrogen-bond donors (Lipinski definition) is 1. The molecule has 0 amide bonds. The molecule has 0 fully saturated rings. The molecular weight excluding hydrogens is 236 g/mol. The third kappa shape index (κ3) is 3.07. The van der Waals surface area contributed by atoms with E-state index in [2.05, 4.69) is 0 Å². The van der Waals surface area contributed by atoms with Crippen molar-refractivity contribution in [1.29, 1.82) is 0 Å². The number of pyridine rings is 1. The molecular formula is C16H18N2O. The van der Waals surface area contributed by atoms with Gasteiger partial charge >= 0.3 is 0 Å². The highest BCUT2D eigenvalue weighted by atomic mass is 16.5. The van der Waals surface area contributed by atoms with Crippen molar-refractivity contribution in [3.05, 3.63) is 60.9 Å². The van der Waals surface area contributed by atoms with Crippen molar-refractivity contribution in [3.8, 4) is 11.5 Å². The van der Waals surface area contributed by atoms with E-state index in [1.54, 1.807) is 0 Å². The fourth-order valence-corrected chi connectivity index (χ4v) is 1.75. The number of benzene rings is 1. The van der Waals surface area contributed by atoms with Gasteiger partial charge < -0.3 is 14.9 Å². The Kier molecular flexibility index (Phi) is 4.08. The summed E-state index contributed by atoms with van der Waals surface area (Å²) in [4.78, 5) is 0. The van der Waals surface area contributed by atoms with Crippen LogP contribution in [0.2, 0.25) is 0 Å². The lowest BCUT2D eigenvalue weighted by Crippen LogP contribution is -1.88. The molecule has 2 heterocycles. The van der Waals surface area contributed by atoms with Crippen LogP contribution < -0.4 is 10.5 Å². The van der Waals surface area contributed by atoms with Crippen molar-refractivity contribution in [3.63, 3.8) is 0 Å². The molecule has 0 aliphatic heterocycles. The van der Waals surface area contributed by atoms with Gasteiger partial charge in [0.05, 0.1) is 6.20 Å². The molecule has 0 aliphatic carbocycles. The summed E-state index contributed by atoms with van der Waals surface area (Å²) in [6.45, 7) is 4.00. The molecule has 1 aromatic carbocycles. The average molecular weight is 254 g/mol. The fourth-order valence-electron chi connectivity index (χ4n) is 1.75. The lowest BCUT2D eigenvalue weighted by atomic mass is 10.3. The van der Waals surface area contributed by atoms with Crippen LogP contribution in [0.3, 0.4) is 0 Å². The van der Waals surface area contributed by atoms with Crippen molar-refractivity contribution < 1.29 is 4.74 Å². The first-order chi connectivity index (χ1) is 9.31. The van der Waals surface area contributed by atoms with Crippen molar-refractivity contribution >= 4 is 11.2 Å². The summed E-state index contributed by atoms with van der Waals surface area (Å²) in [7, 11) is 0. The van der Waals surface area contributed by atoms with Crippen LogP contribution in [-0.4, -0.2) is 4.40 Å². The highest BCUT2D eigenvalue weighted by molar-refractivity contribution is 5.50. The third-order valence-corrected chi connectivity index (χ3v) is 2.61. The number of anilines is 1. The monoisotopic (exact) mass is 254 g/mol. The predicted molar refractivity (Wildman–Crippen MR) is 79.7 cm³/mol. The van der Waals surface area contributed by atoms with Gasteiger partial charge in [0.25, 0.3) is 0 Å². The summed E-state index contributed by atoms with van der Waals surface area (Å²) in [5.41, 5.74) is 7.50. The summed E-state index contributed by atoms with van der Waals surface area (Å²) in [6, 6.07) is 15.4. The standard InChI is InChI=1S/C14H12N2O.C2H6/c15-11-3-6-13(7-4-11)17-14-8-5-12-2-1-9-16(12)10-14;1-2/h1-10H,15H2;1-2H3. The van der Waals surface area contributed by atoms with Gasteiger partial charge in [-0.1, -0.05) is 13.8 Å². The van der Waals surface area contributed by atoms with Gasteiger partial charge in [0, 0.05) is 17.4 Å². The number of ether oxygens (including phenoxy) is 1. The van der Waals surface area contributed by atoms with Crippen LogP contribution in [0.25, 0.3) is 5.52 Å². The van der Waals surface area contributed by atoms with Crippen molar-refractivity contribution in [2.75, 3.05) is 5.73 Å². The largest absolute Gasteiger partial charge is 0.456 e. The Morgan fingerprint density at radius 2 is 1.58 bits per heavy atom. The molecule has 19 heavy (non-hydrogen) atoms. The van der Waals surface area contributed by atoms with E-state index >= 15 is 0 Å². The minimum Gasteiger partial charge on any atom is -0.456 e. The SMILES string of the molecule is CC.Nc1ccc(Oc2ccc3cccn3c2)cc1. The Morgan fingerprint density at radius 1 is 0.895 bits per heavy atom. The van der Waals surface area contributed by atoms with E-state index in [-0.39, 0.29) is 0 Å². The Bertz CT molecular complexity index is 641. The van der Waals surface area contributed by atoms with Crippen molar-refractivity contribution in [1.82, 2.24) is 4.40 Å². The molecule has 0 saturated heterocycles. The van der Waals surface area contributed by atoms with Crippen LogP contribution in [0.5, 0.6) is 11.5 Å². The van der Waals surface area contributed by atoms with Gasteiger partial charge in [0.1, 0.15) is 11.5 Å². The van der Waals surface area contributed by atoms with E-state index in [0.717, 1.165) is 22.7 Å².